The van der Waals surface area contributed by atoms with Crippen LogP contribution in [-0.2, 0) is 0 Å². The third kappa shape index (κ3) is 4.45. The lowest BCUT2D eigenvalue weighted by atomic mass is 9.97. The lowest BCUT2D eigenvalue weighted by Gasteiger charge is -2.21. The molecule has 126 valence electrons. The van der Waals surface area contributed by atoms with Crippen LogP contribution in [0.25, 0.3) is 11.0 Å². The summed E-state index contributed by atoms with van der Waals surface area (Å²) in [6, 6.07) is 7.19. The molecule has 6 heteroatoms. The van der Waals surface area contributed by atoms with Crippen LogP contribution < -0.4 is 10.6 Å². The number of amides is 2. The van der Waals surface area contributed by atoms with Gasteiger partial charge in [-0.3, -0.25) is 0 Å². The molecule has 1 heterocycles. The number of aliphatic hydroxyl groups is 1. The Bertz CT molecular complexity index is 603. The lowest BCUT2D eigenvalue weighted by molar-refractivity contribution is 0.103. The van der Waals surface area contributed by atoms with Crippen molar-refractivity contribution in [3.63, 3.8) is 0 Å². The molecule has 0 saturated heterocycles. The van der Waals surface area contributed by atoms with Crippen molar-refractivity contribution in [2.24, 2.45) is 5.92 Å². The summed E-state index contributed by atoms with van der Waals surface area (Å²) in [5, 5.41) is 15.6. The quantitative estimate of drug-likeness (QED) is 0.633. The Morgan fingerprint density at radius 2 is 2.00 bits per heavy atom. The SMILES string of the molecule is CCC(CC)C(O)CNC(=O)NC(C)c1nc2ccccc2[nH]1. The number of rotatable bonds is 7. The fourth-order valence-electron chi connectivity index (χ4n) is 2.69. The predicted octanol–water partition coefficient (Wildman–Crippen LogP) is 2.72. The summed E-state index contributed by atoms with van der Waals surface area (Å²) in [6.07, 6.45) is 1.28. The van der Waals surface area contributed by atoms with Crippen LogP contribution in [0.5, 0.6) is 0 Å². The summed E-state index contributed by atoms with van der Waals surface area (Å²) < 4.78 is 0. The zero-order valence-corrected chi connectivity index (χ0v) is 14.0. The first-order valence-electron chi connectivity index (χ1n) is 8.22. The lowest BCUT2D eigenvalue weighted by Crippen LogP contribution is -2.42. The maximum absolute atomic E-state index is 12.0. The number of urea groups is 1. The first-order valence-corrected chi connectivity index (χ1v) is 8.22. The Kier molecular flexibility index (Phi) is 5.98. The Hall–Kier alpha value is -2.08. The number of para-hydroxylation sites is 2. The zero-order chi connectivity index (χ0) is 16.8. The molecule has 0 bridgehead atoms. The van der Waals surface area contributed by atoms with Crippen molar-refractivity contribution in [1.82, 2.24) is 20.6 Å². The molecule has 2 rings (SSSR count). The standard InChI is InChI=1S/C17H26N4O2/c1-4-12(5-2)15(22)10-18-17(23)19-11(3)16-20-13-8-6-7-9-14(13)21-16/h6-9,11-12,15,22H,4-5,10H2,1-3H3,(H,20,21)(H2,18,19,23). The Balaban J connectivity index is 1.87. The molecule has 0 saturated carbocycles. The third-order valence-electron chi connectivity index (χ3n) is 4.23. The highest BCUT2D eigenvalue weighted by Gasteiger charge is 2.18. The smallest absolute Gasteiger partial charge is 0.315 e. The summed E-state index contributed by atoms with van der Waals surface area (Å²) in [5.41, 5.74) is 1.82. The minimum atomic E-state index is -0.516. The van der Waals surface area contributed by atoms with E-state index in [2.05, 4.69) is 20.6 Å². The molecule has 1 aromatic carbocycles. The molecule has 0 aliphatic rings. The molecule has 0 aliphatic carbocycles. The van der Waals surface area contributed by atoms with E-state index in [1.165, 1.54) is 0 Å². The molecule has 0 spiro atoms. The van der Waals surface area contributed by atoms with Crippen LogP contribution in [-0.4, -0.2) is 33.8 Å². The number of hydrogen-bond donors (Lipinski definition) is 4. The average Bonchev–Trinajstić information content (AvgIpc) is 2.98. The molecular weight excluding hydrogens is 292 g/mol. The van der Waals surface area contributed by atoms with Gasteiger partial charge in [-0.15, -0.1) is 0 Å². The topological polar surface area (TPSA) is 90.0 Å². The molecular formula is C17H26N4O2. The van der Waals surface area contributed by atoms with E-state index in [1.807, 2.05) is 45.0 Å². The zero-order valence-electron chi connectivity index (χ0n) is 14.0. The van der Waals surface area contributed by atoms with Gasteiger partial charge in [0.2, 0.25) is 0 Å². The largest absolute Gasteiger partial charge is 0.391 e. The van der Waals surface area contributed by atoms with Crippen molar-refractivity contribution >= 4 is 17.1 Å². The number of imidazole rings is 1. The normalized spacial score (nSPS) is 14.0. The van der Waals surface area contributed by atoms with Crippen LogP contribution in [0.15, 0.2) is 24.3 Å². The highest BCUT2D eigenvalue weighted by atomic mass is 16.3. The van der Waals surface area contributed by atoms with Gasteiger partial charge in [0, 0.05) is 6.54 Å². The number of H-pyrrole nitrogens is 1. The van der Waals surface area contributed by atoms with E-state index < -0.39 is 6.10 Å². The Labute approximate surface area is 136 Å². The van der Waals surface area contributed by atoms with Crippen molar-refractivity contribution in [2.45, 2.75) is 45.8 Å². The highest BCUT2D eigenvalue weighted by Crippen LogP contribution is 2.15. The van der Waals surface area contributed by atoms with Crippen LogP contribution in [0.4, 0.5) is 4.79 Å². The summed E-state index contributed by atoms with van der Waals surface area (Å²) in [6.45, 7) is 6.21. The Morgan fingerprint density at radius 3 is 2.65 bits per heavy atom. The number of aromatic nitrogens is 2. The highest BCUT2D eigenvalue weighted by molar-refractivity contribution is 5.76. The van der Waals surface area contributed by atoms with Crippen molar-refractivity contribution in [2.75, 3.05) is 6.54 Å². The number of nitrogens with one attached hydrogen (secondary N) is 3. The fourth-order valence-corrected chi connectivity index (χ4v) is 2.69. The second-order valence-corrected chi connectivity index (χ2v) is 5.86. The molecule has 2 unspecified atom stereocenters. The molecule has 1 aromatic heterocycles. The molecule has 6 nitrogen and oxygen atoms in total. The van der Waals surface area contributed by atoms with Gasteiger partial charge >= 0.3 is 6.03 Å². The minimum Gasteiger partial charge on any atom is -0.391 e. The minimum absolute atomic E-state index is 0.211. The molecule has 2 atom stereocenters. The number of benzene rings is 1. The van der Waals surface area contributed by atoms with E-state index in [0.717, 1.165) is 23.9 Å². The fraction of sp³-hybridized carbons (Fsp3) is 0.529. The van der Waals surface area contributed by atoms with Crippen LogP contribution in [0.3, 0.4) is 0 Å². The number of aromatic amines is 1. The maximum Gasteiger partial charge on any atom is 0.315 e. The number of hydrogen-bond acceptors (Lipinski definition) is 3. The van der Waals surface area contributed by atoms with E-state index in [0.29, 0.717) is 5.82 Å². The van der Waals surface area contributed by atoms with E-state index in [1.54, 1.807) is 0 Å². The monoisotopic (exact) mass is 318 g/mol. The number of carbonyl (C=O) groups excluding carboxylic acids is 1. The van der Waals surface area contributed by atoms with Crippen molar-refractivity contribution in [1.29, 1.82) is 0 Å². The van der Waals surface area contributed by atoms with Crippen LogP contribution in [0, 0.1) is 5.92 Å². The van der Waals surface area contributed by atoms with Gasteiger partial charge in [0.15, 0.2) is 0 Å². The van der Waals surface area contributed by atoms with Crippen LogP contribution in [0.1, 0.15) is 45.5 Å². The second-order valence-electron chi connectivity index (χ2n) is 5.86. The van der Waals surface area contributed by atoms with Gasteiger partial charge < -0.3 is 20.7 Å². The van der Waals surface area contributed by atoms with Gasteiger partial charge in [-0.1, -0.05) is 38.8 Å². The van der Waals surface area contributed by atoms with Crippen LogP contribution in [0.2, 0.25) is 0 Å². The van der Waals surface area contributed by atoms with Gasteiger partial charge in [0.05, 0.1) is 23.2 Å². The number of nitrogens with zero attached hydrogens (tertiary/aromatic N) is 1. The van der Waals surface area contributed by atoms with Crippen molar-refractivity contribution in [3.8, 4) is 0 Å². The van der Waals surface area contributed by atoms with E-state index in [9.17, 15) is 9.90 Å². The van der Waals surface area contributed by atoms with Crippen molar-refractivity contribution < 1.29 is 9.90 Å². The van der Waals surface area contributed by atoms with E-state index >= 15 is 0 Å². The predicted molar refractivity (Wildman–Crippen MR) is 91.1 cm³/mol. The maximum atomic E-state index is 12.0. The molecule has 23 heavy (non-hydrogen) atoms. The Morgan fingerprint density at radius 1 is 1.30 bits per heavy atom. The molecule has 0 fully saturated rings. The first kappa shape index (κ1) is 17.3. The first-order chi connectivity index (χ1) is 11.0. The van der Waals surface area contributed by atoms with E-state index in [4.69, 9.17) is 0 Å². The molecule has 2 aromatic rings. The number of carbonyl (C=O) groups is 1. The third-order valence-corrected chi connectivity index (χ3v) is 4.23. The van der Waals surface area contributed by atoms with Gasteiger partial charge in [-0.25, -0.2) is 9.78 Å². The number of aliphatic hydroxyl groups excluding tert-OH is 1. The number of fused-ring (bicyclic) bond motifs is 1. The van der Waals surface area contributed by atoms with Crippen LogP contribution >= 0.6 is 0 Å². The summed E-state index contributed by atoms with van der Waals surface area (Å²) in [7, 11) is 0. The van der Waals surface area contributed by atoms with E-state index in [-0.39, 0.29) is 24.5 Å². The molecule has 0 aliphatic heterocycles. The average molecular weight is 318 g/mol. The molecule has 2 amide bonds. The second kappa shape index (κ2) is 7.97. The van der Waals surface area contributed by atoms with Crippen molar-refractivity contribution in [3.05, 3.63) is 30.1 Å². The van der Waals surface area contributed by atoms with Gasteiger partial charge in [0.1, 0.15) is 5.82 Å². The molecule has 4 N–H and O–H groups in total. The molecule has 0 radical (unpaired) electrons. The summed E-state index contributed by atoms with van der Waals surface area (Å²) in [4.78, 5) is 19.6. The van der Waals surface area contributed by atoms with Gasteiger partial charge in [-0.05, 0) is 25.0 Å². The van der Waals surface area contributed by atoms with Gasteiger partial charge in [-0.2, -0.15) is 0 Å². The summed E-state index contributed by atoms with van der Waals surface area (Å²) in [5.74, 6) is 0.921. The summed E-state index contributed by atoms with van der Waals surface area (Å²) >= 11 is 0. The van der Waals surface area contributed by atoms with Gasteiger partial charge in [0.25, 0.3) is 0 Å².